The van der Waals surface area contributed by atoms with E-state index in [0.717, 1.165) is 11.3 Å². The third-order valence-electron chi connectivity index (χ3n) is 5.83. The van der Waals surface area contributed by atoms with Crippen molar-refractivity contribution in [2.75, 3.05) is 16.8 Å². The predicted octanol–water partition coefficient (Wildman–Crippen LogP) is 2.92. The molecule has 2 aromatic rings. The van der Waals surface area contributed by atoms with E-state index >= 15 is 0 Å². The van der Waals surface area contributed by atoms with Crippen LogP contribution in [-0.4, -0.2) is 43.2 Å². The van der Waals surface area contributed by atoms with Gasteiger partial charge < -0.3 is 10.2 Å². The van der Waals surface area contributed by atoms with Gasteiger partial charge in [0.05, 0.1) is 4.90 Å². The number of anilines is 2. The van der Waals surface area contributed by atoms with E-state index in [2.05, 4.69) is 5.32 Å². The predicted molar refractivity (Wildman–Crippen MR) is 115 cm³/mol. The summed E-state index contributed by atoms with van der Waals surface area (Å²) in [5, 5.41) is 2.67. The van der Waals surface area contributed by atoms with Crippen LogP contribution in [0.2, 0.25) is 0 Å². The van der Waals surface area contributed by atoms with Gasteiger partial charge in [-0.2, -0.15) is 4.31 Å². The number of nitrogens with zero attached hydrogens (tertiary/aromatic N) is 2. The van der Waals surface area contributed by atoms with E-state index in [1.165, 1.54) is 41.6 Å². The van der Waals surface area contributed by atoms with Crippen LogP contribution in [-0.2, 0) is 26.0 Å². The van der Waals surface area contributed by atoms with Crippen molar-refractivity contribution < 1.29 is 22.4 Å². The highest BCUT2D eigenvalue weighted by Gasteiger charge is 2.40. The Bertz CT molecular complexity index is 1130. The van der Waals surface area contributed by atoms with Crippen LogP contribution >= 0.6 is 0 Å². The maximum Gasteiger partial charge on any atom is 0.243 e. The molecule has 1 fully saturated rings. The summed E-state index contributed by atoms with van der Waals surface area (Å²) in [4.78, 5) is 26.5. The molecule has 164 valence electrons. The number of benzene rings is 2. The van der Waals surface area contributed by atoms with Crippen molar-refractivity contribution in [3.63, 3.8) is 0 Å². The normalized spacial score (nSPS) is 21.2. The molecule has 9 heteroatoms. The summed E-state index contributed by atoms with van der Waals surface area (Å²) in [5.74, 6) is -0.943. The smallest absolute Gasteiger partial charge is 0.243 e. The van der Waals surface area contributed by atoms with Gasteiger partial charge in [0.1, 0.15) is 11.9 Å². The monoisotopic (exact) mass is 445 g/mol. The van der Waals surface area contributed by atoms with Gasteiger partial charge in [-0.1, -0.05) is 0 Å². The van der Waals surface area contributed by atoms with Gasteiger partial charge in [0.15, 0.2) is 0 Å². The molecule has 0 saturated carbocycles. The second-order valence-corrected chi connectivity index (χ2v) is 9.89. The lowest BCUT2D eigenvalue weighted by atomic mass is 10.1. The number of halogens is 1. The molecule has 7 nitrogen and oxygen atoms in total. The Labute approximate surface area is 180 Å². The molecule has 0 bridgehead atoms. The minimum atomic E-state index is -3.90. The van der Waals surface area contributed by atoms with Gasteiger partial charge in [-0.25, -0.2) is 12.8 Å². The molecule has 2 amide bonds. The van der Waals surface area contributed by atoms with Gasteiger partial charge in [-0.3, -0.25) is 9.59 Å². The van der Waals surface area contributed by atoms with Crippen molar-refractivity contribution in [3.05, 3.63) is 53.8 Å². The zero-order chi connectivity index (χ0) is 22.3. The third-order valence-corrected chi connectivity index (χ3v) is 7.73. The highest BCUT2D eigenvalue weighted by atomic mass is 32.2. The molecule has 0 spiro atoms. The Morgan fingerprint density at radius 3 is 2.52 bits per heavy atom. The van der Waals surface area contributed by atoms with Crippen LogP contribution in [0.1, 0.15) is 32.3 Å². The van der Waals surface area contributed by atoms with Crippen LogP contribution in [0.4, 0.5) is 15.8 Å². The summed E-state index contributed by atoms with van der Waals surface area (Å²) in [7, 11) is -3.90. The molecule has 2 heterocycles. The second-order valence-electron chi connectivity index (χ2n) is 8.00. The Kier molecular flexibility index (Phi) is 5.57. The summed E-state index contributed by atoms with van der Waals surface area (Å²) in [6, 6.07) is 9.22. The number of rotatable bonds is 4. The first-order valence-electron chi connectivity index (χ1n) is 10.2. The van der Waals surface area contributed by atoms with Crippen LogP contribution < -0.4 is 10.2 Å². The number of hydrogen-bond donors (Lipinski definition) is 1. The lowest BCUT2D eigenvalue weighted by Gasteiger charge is -2.24. The second kappa shape index (κ2) is 8.05. The Morgan fingerprint density at radius 2 is 1.84 bits per heavy atom. The molecule has 2 aliphatic rings. The quantitative estimate of drug-likeness (QED) is 0.784. The van der Waals surface area contributed by atoms with Gasteiger partial charge >= 0.3 is 0 Å². The number of carbonyl (C=O) groups excluding carboxylic acids is 2. The zero-order valence-corrected chi connectivity index (χ0v) is 18.2. The SMILES string of the molecule is CC(=O)N1c2ccc(S(=O)(=O)N3CCCC3C(=O)Nc3ccc(F)cc3)cc2CC1C. The fraction of sp³-hybridized carbons (Fsp3) is 0.364. The highest BCUT2D eigenvalue weighted by Crippen LogP contribution is 2.35. The number of carbonyl (C=O) groups is 2. The van der Waals surface area contributed by atoms with Crippen LogP contribution in [0.25, 0.3) is 0 Å². The molecule has 0 radical (unpaired) electrons. The average molecular weight is 446 g/mol. The number of fused-ring (bicyclic) bond motifs is 1. The number of nitrogens with one attached hydrogen (secondary N) is 1. The standard InChI is InChI=1S/C22H24FN3O4S/c1-14-12-16-13-19(9-10-20(16)26(14)15(2)27)31(29,30)25-11-3-4-21(25)22(28)24-18-7-5-17(23)6-8-18/h5-10,13-14,21H,3-4,11-12H2,1-2H3,(H,24,28). The molecule has 2 atom stereocenters. The Balaban J connectivity index is 1.58. The fourth-order valence-electron chi connectivity index (χ4n) is 4.43. The summed E-state index contributed by atoms with van der Waals surface area (Å²) >= 11 is 0. The summed E-state index contributed by atoms with van der Waals surface area (Å²) in [5.41, 5.74) is 1.94. The molecule has 1 saturated heterocycles. The molecular weight excluding hydrogens is 421 g/mol. The van der Waals surface area contributed by atoms with Gasteiger partial charge in [0.25, 0.3) is 0 Å². The van der Waals surface area contributed by atoms with Crippen molar-refractivity contribution in [2.45, 2.75) is 50.1 Å². The lowest BCUT2D eigenvalue weighted by molar-refractivity contribution is -0.119. The lowest BCUT2D eigenvalue weighted by Crippen LogP contribution is -2.43. The molecule has 4 rings (SSSR count). The summed E-state index contributed by atoms with van der Waals surface area (Å²) < 4.78 is 41.0. The van der Waals surface area contributed by atoms with Crippen molar-refractivity contribution in [1.82, 2.24) is 4.31 Å². The van der Waals surface area contributed by atoms with Crippen LogP contribution in [0, 0.1) is 5.82 Å². The number of hydrogen-bond acceptors (Lipinski definition) is 4. The van der Waals surface area contributed by atoms with Crippen LogP contribution in [0.3, 0.4) is 0 Å². The Morgan fingerprint density at radius 1 is 1.13 bits per heavy atom. The van der Waals surface area contributed by atoms with Gasteiger partial charge in [0, 0.05) is 30.9 Å². The van der Waals surface area contributed by atoms with Crippen molar-refractivity contribution in [3.8, 4) is 0 Å². The molecule has 2 aliphatic heterocycles. The molecule has 31 heavy (non-hydrogen) atoms. The third kappa shape index (κ3) is 3.95. The molecule has 2 aromatic carbocycles. The van der Waals surface area contributed by atoms with Gasteiger partial charge in [-0.05, 0) is 74.2 Å². The summed E-state index contributed by atoms with van der Waals surface area (Å²) in [6.07, 6.45) is 1.56. The number of amides is 2. The molecule has 0 aromatic heterocycles. The Hall–Kier alpha value is -2.78. The van der Waals surface area contributed by atoms with Crippen LogP contribution in [0.5, 0.6) is 0 Å². The van der Waals surface area contributed by atoms with E-state index in [1.54, 1.807) is 17.0 Å². The molecule has 1 N–H and O–H groups in total. The van der Waals surface area contributed by atoms with Gasteiger partial charge in [-0.15, -0.1) is 0 Å². The van der Waals surface area contributed by atoms with Gasteiger partial charge in [0.2, 0.25) is 21.8 Å². The zero-order valence-electron chi connectivity index (χ0n) is 17.3. The van der Waals surface area contributed by atoms with Crippen molar-refractivity contribution in [1.29, 1.82) is 0 Å². The van der Waals surface area contributed by atoms with Crippen molar-refractivity contribution >= 4 is 33.2 Å². The van der Waals surface area contributed by atoms with E-state index in [4.69, 9.17) is 0 Å². The van der Waals surface area contributed by atoms with E-state index in [-0.39, 0.29) is 23.4 Å². The average Bonchev–Trinajstić information content (AvgIpc) is 3.33. The van der Waals surface area contributed by atoms with E-state index < -0.39 is 27.8 Å². The largest absolute Gasteiger partial charge is 0.325 e. The van der Waals surface area contributed by atoms with Crippen molar-refractivity contribution in [2.24, 2.45) is 0 Å². The molecular formula is C22H24FN3O4S. The van der Waals surface area contributed by atoms with E-state index in [0.29, 0.717) is 24.9 Å². The highest BCUT2D eigenvalue weighted by molar-refractivity contribution is 7.89. The minimum Gasteiger partial charge on any atom is -0.325 e. The van der Waals surface area contributed by atoms with E-state index in [9.17, 15) is 22.4 Å². The number of sulfonamides is 1. The minimum absolute atomic E-state index is 0.0357. The summed E-state index contributed by atoms with van der Waals surface area (Å²) in [6.45, 7) is 3.66. The van der Waals surface area contributed by atoms with Crippen LogP contribution in [0.15, 0.2) is 47.4 Å². The first kappa shape index (κ1) is 21.5. The maximum absolute atomic E-state index is 13.4. The molecule has 0 aliphatic carbocycles. The first-order chi connectivity index (χ1) is 14.7. The first-order valence-corrected chi connectivity index (χ1v) is 11.6. The maximum atomic E-state index is 13.4. The topological polar surface area (TPSA) is 86.8 Å². The fourth-order valence-corrected chi connectivity index (χ4v) is 6.14. The van der Waals surface area contributed by atoms with E-state index in [1.807, 2.05) is 6.92 Å². The molecule has 2 unspecified atom stereocenters.